The van der Waals surface area contributed by atoms with E-state index in [0.717, 1.165) is 0 Å². The molecule has 1 rings (SSSR count). The molecule has 0 aliphatic rings. The summed E-state index contributed by atoms with van der Waals surface area (Å²) in [4.78, 5) is 22.0. The molecule has 0 N–H and O–H groups in total. The number of benzene rings is 1. The maximum atomic E-state index is 11.2. The molecule has 0 unspecified atom stereocenters. The number of carbonyl (C=O) groups is 2. The third kappa shape index (κ3) is 2.12. The van der Waals surface area contributed by atoms with Gasteiger partial charge >= 0.3 is 5.97 Å². The molecule has 0 radical (unpaired) electrons. The molecule has 1 aromatic carbocycles. The van der Waals surface area contributed by atoms with E-state index in [0.29, 0.717) is 16.7 Å². The van der Waals surface area contributed by atoms with Gasteiger partial charge in [0.1, 0.15) is 0 Å². The molecule has 14 heavy (non-hydrogen) atoms. The van der Waals surface area contributed by atoms with E-state index < -0.39 is 11.2 Å². The van der Waals surface area contributed by atoms with E-state index in [1.807, 2.05) is 0 Å². The highest BCUT2D eigenvalue weighted by molar-refractivity contribution is 6.67. The Morgan fingerprint density at radius 1 is 1.36 bits per heavy atom. The van der Waals surface area contributed by atoms with Crippen molar-refractivity contribution in [2.45, 2.75) is 6.92 Å². The number of hydrogen-bond donors (Lipinski definition) is 0. The molecule has 0 saturated heterocycles. The van der Waals surface area contributed by atoms with E-state index in [1.54, 1.807) is 13.0 Å². The molecule has 1 aromatic rings. The second-order valence-corrected chi connectivity index (χ2v) is 3.14. The van der Waals surface area contributed by atoms with Gasteiger partial charge in [0.25, 0.3) is 5.24 Å². The fourth-order valence-corrected chi connectivity index (χ4v) is 1.24. The van der Waals surface area contributed by atoms with Crippen molar-refractivity contribution in [2.75, 3.05) is 7.11 Å². The number of esters is 1. The number of hydrogen-bond acceptors (Lipinski definition) is 3. The lowest BCUT2D eigenvalue weighted by Crippen LogP contribution is -2.04. The number of carbonyl (C=O) groups excluding carboxylic acids is 2. The third-order valence-electron chi connectivity index (χ3n) is 1.86. The van der Waals surface area contributed by atoms with E-state index >= 15 is 0 Å². The van der Waals surface area contributed by atoms with Crippen LogP contribution in [-0.4, -0.2) is 18.3 Å². The van der Waals surface area contributed by atoms with Crippen LogP contribution in [0.5, 0.6) is 0 Å². The highest BCUT2D eigenvalue weighted by Crippen LogP contribution is 2.13. The Morgan fingerprint density at radius 3 is 2.43 bits per heavy atom. The minimum absolute atomic E-state index is 0.372. The minimum atomic E-state index is -0.537. The number of rotatable bonds is 2. The third-order valence-corrected chi connectivity index (χ3v) is 2.08. The van der Waals surface area contributed by atoms with Gasteiger partial charge in [0.05, 0.1) is 12.7 Å². The van der Waals surface area contributed by atoms with Crippen LogP contribution in [0.4, 0.5) is 0 Å². The zero-order chi connectivity index (χ0) is 10.7. The molecule has 0 aromatic heterocycles. The molecule has 3 nitrogen and oxygen atoms in total. The van der Waals surface area contributed by atoms with Crippen molar-refractivity contribution in [3.05, 3.63) is 34.9 Å². The molecule has 0 aliphatic carbocycles. The molecule has 0 aliphatic heterocycles. The average molecular weight is 213 g/mol. The lowest BCUT2D eigenvalue weighted by molar-refractivity contribution is 0.0599. The van der Waals surface area contributed by atoms with Crippen molar-refractivity contribution in [1.29, 1.82) is 0 Å². The summed E-state index contributed by atoms with van der Waals surface area (Å²) < 4.78 is 4.56. The van der Waals surface area contributed by atoms with Crippen LogP contribution in [0.1, 0.15) is 26.3 Å². The van der Waals surface area contributed by atoms with Gasteiger partial charge in [-0.15, -0.1) is 0 Å². The summed E-state index contributed by atoms with van der Waals surface area (Å²) in [7, 11) is 1.31. The second-order valence-electron chi connectivity index (χ2n) is 2.79. The van der Waals surface area contributed by atoms with Crippen molar-refractivity contribution in [3.8, 4) is 0 Å². The molecule has 0 bridgehead atoms. The fraction of sp³-hybridized carbons (Fsp3) is 0.200. The van der Waals surface area contributed by atoms with Crippen molar-refractivity contribution in [1.82, 2.24) is 0 Å². The van der Waals surface area contributed by atoms with Crippen LogP contribution in [0.15, 0.2) is 18.2 Å². The normalized spacial score (nSPS) is 9.64. The summed E-state index contributed by atoms with van der Waals surface area (Å²) in [6.07, 6.45) is 0. The highest BCUT2D eigenvalue weighted by atomic mass is 35.5. The predicted molar refractivity (Wildman–Crippen MR) is 52.7 cm³/mol. The lowest BCUT2D eigenvalue weighted by atomic mass is 10.1. The van der Waals surface area contributed by atoms with Gasteiger partial charge in [0, 0.05) is 5.56 Å². The summed E-state index contributed by atoms with van der Waals surface area (Å²) in [6, 6.07) is 4.58. The van der Waals surface area contributed by atoms with E-state index in [9.17, 15) is 9.59 Å². The molecule has 0 amide bonds. The highest BCUT2D eigenvalue weighted by Gasteiger charge is 2.10. The van der Waals surface area contributed by atoms with Gasteiger partial charge in [0.2, 0.25) is 0 Å². The molecular formula is C10H9ClO3. The zero-order valence-electron chi connectivity index (χ0n) is 7.83. The van der Waals surface area contributed by atoms with Crippen LogP contribution >= 0.6 is 11.6 Å². The van der Waals surface area contributed by atoms with Crippen LogP contribution in [-0.2, 0) is 4.74 Å². The Bertz CT molecular complexity index is 385. The number of halogens is 1. The van der Waals surface area contributed by atoms with Gasteiger partial charge in [0.15, 0.2) is 0 Å². The van der Waals surface area contributed by atoms with Gasteiger partial charge < -0.3 is 4.74 Å². The fourth-order valence-electron chi connectivity index (χ4n) is 1.12. The van der Waals surface area contributed by atoms with E-state index in [1.165, 1.54) is 19.2 Å². The smallest absolute Gasteiger partial charge is 0.338 e. The van der Waals surface area contributed by atoms with Gasteiger partial charge in [-0.1, -0.05) is 0 Å². The molecule has 0 atom stereocenters. The monoisotopic (exact) mass is 212 g/mol. The van der Waals surface area contributed by atoms with Gasteiger partial charge in [-0.3, -0.25) is 4.79 Å². The maximum absolute atomic E-state index is 11.2. The quantitative estimate of drug-likeness (QED) is 0.557. The summed E-state index contributed by atoms with van der Waals surface area (Å²) in [5, 5.41) is -0.537. The molecule has 74 valence electrons. The maximum Gasteiger partial charge on any atom is 0.338 e. The molecule has 0 saturated carbocycles. The average Bonchev–Trinajstić information content (AvgIpc) is 2.16. The van der Waals surface area contributed by atoms with E-state index in [2.05, 4.69) is 4.74 Å². The summed E-state index contributed by atoms with van der Waals surface area (Å²) >= 11 is 5.29. The Kier molecular flexibility index (Phi) is 3.25. The summed E-state index contributed by atoms with van der Waals surface area (Å²) in [5.41, 5.74) is 1.48. The van der Waals surface area contributed by atoms with Gasteiger partial charge in [-0.2, -0.15) is 0 Å². The van der Waals surface area contributed by atoms with E-state index in [4.69, 9.17) is 11.6 Å². The predicted octanol–water partition coefficient (Wildman–Crippen LogP) is 2.16. The Hall–Kier alpha value is -1.35. The molecule has 4 heteroatoms. The number of methoxy groups -OCH3 is 1. The molecular weight excluding hydrogens is 204 g/mol. The summed E-state index contributed by atoms with van der Waals surface area (Å²) in [5.74, 6) is -0.420. The first-order chi connectivity index (χ1) is 6.56. The molecule has 0 spiro atoms. The van der Waals surface area contributed by atoms with Crippen LogP contribution in [0.2, 0.25) is 0 Å². The minimum Gasteiger partial charge on any atom is -0.465 e. The van der Waals surface area contributed by atoms with Crippen LogP contribution in [0.25, 0.3) is 0 Å². The van der Waals surface area contributed by atoms with Gasteiger partial charge in [-0.25, -0.2) is 4.79 Å². The largest absolute Gasteiger partial charge is 0.465 e. The van der Waals surface area contributed by atoms with Crippen molar-refractivity contribution < 1.29 is 14.3 Å². The Labute approximate surface area is 86.6 Å². The van der Waals surface area contributed by atoms with Crippen molar-refractivity contribution >= 4 is 22.8 Å². The van der Waals surface area contributed by atoms with Crippen LogP contribution < -0.4 is 0 Å². The van der Waals surface area contributed by atoms with Crippen molar-refractivity contribution in [2.24, 2.45) is 0 Å². The lowest BCUT2D eigenvalue weighted by Gasteiger charge is -2.04. The van der Waals surface area contributed by atoms with E-state index in [-0.39, 0.29) is 0 Å². The van der Waals surface area contributed by atoms with Gasteiger partial charge in [-0.05, 0) is 42.3 Å². The first kappa shape index (κ1) is 10.7. The Balaban J connectivity index is 3.14. The number of ether oxygens (including phenoxy) is 1. The van der Waals surface area contributed by atoms with Crippen molar-refractivity contribution in [3.63, 3.8) is 0 Å². The second kappa shape index (κ2) is 4.24. The molecule has 0 heterocycles. The first-order valence-corrected chi connectivity index (χ1v) is 4.33. The Morgan fingerprint density at radius 2 is 2.00 bits per heavy atom. The zero-order valence-corrected chi connectivity index (χ0v) is 8.59. The SMILES string of the molecule is COC(=O)c1ccc(C(=O)Cl)cc1C. The molecule has 0 fully saturated rings. The topological polar surface area (TPSA) is 43.4 Å². The van der Waals surface area contributed by atoms with Crippen LogP contribution in [0, 0.1) is 6.92 Å². The first-order valence-electron chi connectivity index (χ1n) is 3.95. The standard InChI is InChI=1S/C10H9ClO3/c1-6-5-7(9(11)12)3-4-8(6)10(13)14-2/h3-5H,1-2H3. The number of aryl methyl sites for hydroxylation is 1. The van der Waals surface area contributed by atoms with Crippen LogP contribution in [0.3, 0.4) is 0 Å². The summed E-state index contributed by atoms with van der Waals surface area (Å²) in [6.45, 7) is 1.72.